The summed E-state index contributed by atoms with van der Waals surface area (Å²) in [5.41, 5.74) is -0.00324. The van der Waals surface area contributed by atoms with Crippen LogP contribution in [-0.2, 0) is 4.79 Å². The maximum atomic E-state index is 12.6. The zero-order valence-corrected chi connectivity index (χ0v) is 14.5. The molecule has 2 rings (SSSR count). The third kappa shape index (κ3) is 3.62. The lowest BCUT2D eigenvalue weighted by Gasteiger charge is -2.33. The number of carbonyl (C=O) groups excluding carboxylic acids is 1. The first kappa shape index (κ1) is 17.6. The molecule has 1 heterocycles. The van der Waals surface area contributed by atoms with Gasteiger partial charge in [-0.25, -0.2) is 0 Å². The maximum absolute atomic E-state index is 12.6. The van der Waals surface area contributed by atoms with Gasteiger partial charge in [0.05, 0.1) is 17.0 Å². The number of aromatic nitrogens is 1. The second kappa shape index (κ2) is 6.42. The van der Waals surface area contributed by atoms with E-state index in [0.29, 0.717) is 15.9 Å². The van der Waals surface area contributed by atoms with Crippen molar-refractivity contribution in [2.24, 2.45) is 5.92 Å². The van der Waals surface area contributed by atoms with Crippen LogP contribution in [0.1, 0.15) is 37.7 Å². The Balaban J connectivity index is 2.36. The van der Waals surface area contributed by atoms with E-state index in [9.17, 15) is 9.59 Å². The van der Waals surface area contributed by atoms with E-state index in [1.165, 1.54) is 0 Å². The van der Waals surface area contributed by atoms with Crippen LogP contribution in [0.5, 0.6) is 0 Å². The van der Waals surface area contributed by atoms with Crippen molar-refractivity contribution in [3.63, 3.8) is 0 Å². The van der Waals surface area contributed by atoms with E-state index in [1.807, 2.05) is 13.8 Å². The van der Waals surface area contributed by atoms with Crippen molar-refractivity contribution in [1.29, 1.82) is 0 Å². The van der Waals surface area contributed by atoms with Crippen molar-refractivity contribution in [1.82, 2.24) is 10.3 Å². The van der Waals surface area contributed by atoms with Gasteiger partial charge >= 0.3 is 5.97 Å². The average Bonchev–Trinajstić information content (AvgIpc) is 2.75. The third-order valence-corrected chi connectivity index (χ3v) is 4.74. The van der Waals surface area contributed by atoms with Crippen LogP contribution in [0.2, 0.25) is 10.0 Å². The number of hydrogen-bond acceptors (Lipinski definition) is 2. The van der Waals surface area contributed by atoms with Crippen LogP contribution in [0.3, 0.4) is 0 Å². The fourth-order valence-electron chi connectivity index (χ4n) is 2.32. The minimum atomic E-state index is -0.976. The highest BCUT2D eigenvalue weighted by Gasteiger charge is 2.34. The zero-order valence-electron chi connectivity index (χ0n) is 13.0. The van der Waals surface area contributed by atoms with Gasteiger partial charge in [0.15, 0.2) is 0 Å². The van der Waals surface area contributed by atoms with Crippen molar-refractivity contribution in [3.8, 4) is 0 Å². The van der Waals surface area contributed by atoms with Gasteiger partial charge in [0.1, 0.15) is 5.69 Å². The number of carbonyl (C=O) groups is 2. The summed E-state index contributed by atoms with van der Waals surface area (Å²) in [4.78, 5) is 26.6. The van der Waals surface area contributed by atoms with Gasteiger partial charge in [0.2, 0.25) is 0 Å². The van der Waals surface area contributed by atoms with Gasteiger partial charge in [0.25, 0.3) is 5.91 Å². The number of aromatic amines is 1. The Kier molecular flexibility index (Phi) is 4.92. The maximum Gasteiger partial charge on any atom is 0.305 e. The molecule has 2 aromatic rings. The molecule has 7 heteroatoms. The molecule has 0 aliphatic rings. The van der Waals surface area contributed by atoms with E-state index in [2.05, 4.69) is 10.3 Å². The number of H-pyrrole nitrogens is 1. The Bertz CT molecular complexity index is 770. The number of amides is 1. The molecular weight excluding hydrogens is 339 g/mol. The fraction of sp³-hybridized carbons (Fsp3) is 0.375. The lowest BCUT2D eigenvalue weighted by atomic mass is 9.85. The highest BCUT2D eigenvalue weighted by molar-refractivity contribution is 6.39. The highest BCUT2D eigenvalue weighted by atomic mass is 35.5. The molecule has 0 saturated heterocycles. The van der Waals surface area contributed by atoms with Crippen LogP contribution in [0.4, 0.5) is 0 Å². The molecule has 124 valence electrons. The Labute approximate surface area is 144 Å². The molecule has 1 unspecified atom stereocenters. The molecule has 23 heavy (non-hydrogen) atoms. The minimum absolute atomic E-state index is 0.0693. The largest absolute Gasteiger partial charge is 0.481 e. The Morgan fingerprint density at radius 2 is 2.00 bits per heavy atom. The molecule has 0 spiro atoms. The SMILES string of the molecule is CC(C)C(C)(CC(=O)O)NC(=O)c1[nH]c2ccc(Cl)cc2c1Cl. The summed E-state index contributed by atoms with van der Waals surface area (Å²) in [6.07, 6.45) is -0.180. The molecule has 1 aromatic heterocycles. The second-order valence-corrected chi connectivity index (χ2v) is 6.92. The van der Waals surface area contributed by atoms with Gasteiger partial charge in [0, 0.05) is 15.9 Å². The van der Waals surface area contributed by atoms with Crippen molar-refractivity contribution in [2.45, 2.75) is 32.7 Å². The monoisotopic (exact) mass is 356 g/mol. The zero-order chi connectivity index (χ0) is 17.4. The summed E-state index contributed by atoms with van der Waals surface area (Å²) in [7, 11) is 0. The first-order chi connectivity index (χ1) is 10.6. The Morgan fingerprint density at radius 1 is 1.35 bits per heavy atom. The lowest BCUT2D eigenvalue weighted by Crippen LogP contribution is -2.51. The summed E-state index contributed by atoms with van der Waals surface area (Å²) in [5.74, 6) is -1.49. The quantitative estimate of drug-likeness (QED) is 0.754. The standard InChI is InChI=1S/C16H18Cl2N2O3/c1-8(2)16(3,7-12(21)22)20-15(23)14-13(18)10-6-9(17)4-5-11(10)19-14/h4-6,8,19H,7H2,1-3H3,(H,20,23)(H,21,22). The molecule has 0 aliphatic carbocycles. The van der Waals surface area contributed by atoms with Crippen molar-refractivity contribution < 1.29 is 14.7 Å². The van der Waals surface area contributed by atoms with E-state index in [1.54, 1.807) is 25.1 Å². The van der Waals surface area contributed by atoms with Gasteiger partial charge in [-0.15, -0.1) is 0 Å². The van der Waals surface area contributed by atoms with Gasteiger partial charge < -0.3 is 15.4 Å². The Hall–Kier alpha value is -1.72. The van der Waals surface area contributed by atoms with E-state index >= 15 is 0 Å². The number of fused-ring (bicyclic) bond motifs is 1. The summed E-state index contributed by atoms with van der Waals surface area (Å²) in [6, 6.07) is 5.10. The van der Waals surface area contributed by atoms with Crippen molar-refractivity contribution in [3.05, 3.63) is 33.9 Å². The van der Waals surface area contributed by atoms with E-state index in [-0.39, 0.29) is 23.1 Å². The number of aliphatic carboxylic acids is 1. The molecule has 3 N–H and O–H groups in total. The lowest BCUT2D eigenvalue weighted by molar-refractivity contribution is -0.138. The first-order valence-corrected chi connectivity index (χ1v) is 7.90. The molecule has 1 amide bonds. The Morgan fingerprint density at radius 3 is 2.57 bits per heavy atom. The fourth-order valence-corrected chi connectivity index (χ4v) is 2.78. The molecule has 1 aromatic carbocycles. The molecule has 0 radical (unpaired) electrons. The third-order valence-electron chi connectivity index (χ3n) is 4.12. The van der Waals surface area contributed by atoms with Crippen LogP contribution < -0.4 is 5.32 Å². The number of rotatable bonds is 5. The predicted octanol–water partition coefficient (Wildman–Crippen LogP) is 4.09. The average molecular weight is 357 g/mol. The number of carboxylic acid groups (broad SMARTS) is 1. The van der Waals surface area contributed by atoms with Gasteiger partial charge in [-0.2, -0.15) is 0 Å². The van der Waals surface area contributed by atoms with Gasteiger partial charge in [-0.05, 0) is 31.0 Å². The van der Waals surface area contributed by atoms with Crippen LogP contribution >= 0.6 is 23.2 Å². The number of benzene rings is 1. The molecule has 0 bridgehead atoms. The van der Waals surface area contributed by atoms with Gasteiger partial charge in [-0.1, -0.05) is 37.0 Å². The number of carboxylic acids is 1. The van der Waals surface area contributed by atoms with Crippen molar-refractivity contribution >= 4 is 46.0 Å². The normalized spacial score (nSPS) is 14.0. The van der Waals surface area contributed by atoms with Gasteiger partial charge in [-0.3, -0.25) is 9.59 Å². The van der Waals surface area contributed by atoms with E-state index < -0.39 is 17.4 Å². The molecule has 0 saturated carbocycles. The summed E-state index contributed by atoms with van der Waals surface area (Å²) in [5, 5.41) is 13.3. The predicted molar refractivity (Wildman–Crippen MR) is 91.3 cm³/mol. The summed E-state index contributed by atoms with van der Waals surface area (Å²) in [6.45, 7) is 5.42. The second-order valence-electron chi connectivity index (χ2n) is 6.10. The highest BCUT2D eigenvalue weighted by Crippen LogP contribution is 2.30. The topological polar surface area (TPSA) is 82.2 Å². The van der Waals surface area contributed by atoms with E-state index in [0.717, 1.165) is 0 Å². The smallest absolute Gasteiger partial charge is 0.305 e. The molecule has 0 aliphatic heterocycles. The number of halogens is 2. The summed E-state index contributed by atoms with van der Waals surface area (Å²) < 4.78 is 0. The van der Waals surface area contributed by atoms with Crippen LogP contribution in [0.15, 0.2) is 18.2 Å². The molecule has 0 fully saturated rings. The van der Waals surface area contributed by atoms with Crippen LogP contribution in [-0.4, -0.2) is 27.5 Å². The number of nitrogens with one attached hydrogen (secondary N) is 2. The van der Waals surface area contributed by atoms with Crippen LogP contribution in [0, 0.1) is 5.92 Å². The summed E-state index contributed by atoms with van der Waals surface area (Å²) >= 11 is 12.2. The molecule has 5 nitrogen and oxygen atoms in total. The minimum Gasteiger partial charge on any atom is -0.481 e. The first-order valence-electron chi connectivity index (χ1n) is 7.15. The van der Waals surface area contributed by atoms with E-state index in [4.69, 9.17) is 28.3 Å². The van der Waals surface area contributed by atoms with Crippen LogP contribution in [0.25, 0.3) is 10.9 Å². The van der Waals surface area contributed by atoms with Crippen molar-refractivity contribution in [2.75, 3.05) is 0 Å². The number of hydrogen-bond donors (Lipinski definition) is 3. The molecular formula is C16H18Cl2N2O3. The molecule has 1 atom stereocenters.